The Labute approximate surface area is 102 Å². The SMILES string of the molecule is Cc1csc(NC(=O)c2cc(=O)cc(C)[nH]2)n1. The number of rotatable bonds is 2. The molecular formula is C11H11N3O2S. The van der Waals surface area contributed by atoms with E-state index in [1.54, 1.807) is 6.92 Å². The maximum atomic E-state index is 11.8. The molecule has 5 nitrogen and oxygen atoms in total. The van der Waals surface area contributed by atoms with E-state index in [2.05, 4.69) is 15.3 Å². The van der Waals surface area contributed by atoms with Crippen LogP contribution in [0.3, 0.4) is 0 Å². The highest BCUT2D eigenvalue weighted by atomic mass is 32.1. The standard InChI is InChI=1S/C11H11N3O2S/c1-6-3-8(15)4-9(12-6)10(16)14-11-13-7(2)5-17-11/h3-5H,1-2H3,(H,12,15)(H,13,14,16). The highest BCUT2D eigenvalue weighted by Gasteiger charge is 2.09. The largest absolute Gasteiger partial charge is 0.354 e. The number of aromatic nitrogens is 2. The van der Waals surface area contributed by atoms with Crippen molar-refractivity contribution in [2.24, 2.45) is 0 Å². The molecular weight excluding hydrogens is 238 g/mol. The van der Waals surface area contributed by atoms with Crippen molar-refractivity contribution in [2.75, 3.05) is 5.32 Å². The first kappa shape index (κ1) is 11.5. The van der Waals surface area contributed by atoms with Crippen molar-refractivity contribution in [3.8, 4) is 0 Å². The third-order valence-electron chi connectivity index (χ3n) is 2.06. The molecule has 2 heterocycles. The zero-order valence-corrected chi connectivity index (χ0v) is 10.2. The van der Waals surface area contributed by atoms with E-state index in [1.165, 1.54) is 23.5 Å². The average molecular weight is 249 g/mol. The predicted molar refractivity (Wildman–Crippen MR) is 66.6 cm³/mol. The highest BCUT2D eigenvalue weighted by Crippen LogP contribution is 2.14. The van der Waals surface area contributed by atoms with Crippen LogP contribution >= 0.6 is 11.3 Å². The van der Waals surface area contributed by atoms with Gasteiger partial charge in [0.25, 0.3) is 5.91 Å². The summed E-state index contributed by atoms with van der Waals surface area (Å²) >= 11 is 1.35. The van der Waals surface area contributed by atoms with Gasteiger partial charge in [-0.05, 0) is 13.8 Å². The van der Waals surface area contributed by atoms with Gasteiger partial charge in [0.1, 0.15) is 5.69 Å². The lowest BCUT2D eigenvalue weighted by atomic mass is 10.3. The number of anilines is 1. The molecule has 0 aromatic carbocycles. The monoisotopic (exact) mass is 249 g/mol. The van der Waals surface area contributed by atoms with E-state index < -0.39 is 0 Å². The Balaban J connectivity index is 2.22. The second kappa shape index (κ2) is 4.50. The van der Waals surface area contributed by atoms with Gasteiger partial charge in [0.05, 0.1) is 5.69 Å². The summed E-state index contributed by atoms with van der Waals surface area (Å²) in [5, 5.41) is 5.00. The summed E-state index contributed by atoms with van der Waals surface area (Å²) in [5.74, 6) is -0.361. The van der Waals surface area contributed by atoms with E-state index in [1.807, 2.05) is 12.3 Å². The van der Waals surface area contributed by atoms with Crippen molar-refractivity contribution in [1.29, 1.82) is 0 Å². The van der Waals surface area contributed by atoms with Crippen LogP contribution in [-0.2, 0) is 0 Å². The minimum absolute atomic E-state index is 0.193. The van der Waals surface area contributed by atoms with Gasteiger partial charge in [0, 0.05) is 23.2 Å². The minimum atomic E-state index is -0.361. The summed E-state index contributed by atoms with van der Waals surface area (Å²) in [6, 6.07) is 2.70. The first-order valence-electron chi connectivity index (χ1n) is 4.99. The van der Waals surface area contributed by atoms with E-state index in [-0.39, 0.29) is 17.0 Å². The van der Waals surface area contributed by atoms with Gasteiger partial charge < -0.3 is 4.98 Å². The lowest BCUT2D eigenvalue weighted by Gasteiger charge is -2.02. The second-order valence-electron chi connectivity index (χ2n) is 3.66. The molecule has 0 atom stereocenters. The summed E-state index contributed by atoms with van der Waals surface area (Å²) < 4.78 is 0. The number of nitrogens with zero attached hydrogens (tertiary/aromatic N) is 1. The topological polar surface area (TPSA) is 74.8 Å². The summed E-state index contributed by atoms with van der Waals surface area (Å²) in [5.41, 5.74) is 1.55. The normalized spacial score (nSPS) is 10.2. The molecule has 2 rings (SSSR count). The third-order valence-corrected chi connectivity index (χ3v) is 2.94. The van der Waals surface area contributed by atoms with E-state index >= 15 is 0 Å². The predicted octanol–water partition coefficient (Wildman–Crippen LogP) is 1.70. The number of pyridine rings is 1. The summed E-state index contributed by atoms with van der Waals surface area (Å²) in [6.45, 7) is 3.58. The fraction of sp³-hybridized carbons (Fsp3) is 0.182. The van der Waals surface area contributed by atoms with Crippen LogP contribution in [0.15, 0.2) is 22.3 Å². The molecule has 0 aliphatic carbocycles. The molecule has 0 fully saturated rings. The van der Waals surface area contributed by atoms with Gasteiger partial charge in [-0.15, -0.1) is 11.3 Å². The van der Waals surface area contributed by atoms with E-state index in [0.29, 0.717) is 10.8 Å². The average Bonchev–Trinajstić information content (AvgIpc) is 2.62. The van der Waals surface area contributed by atoms with Gasteiger partial charge in [-0.1, -0.05) is 0 Å². The molecule has 0 aliphatic heterocycles. The summed E-state index contributed by atoms with van der Waals surface area (Å²) in [4.78, 5) is 30.0. The van der Waals surface area contributed by atoms with Crippen LogP contribution < -0.4 is 10.7 Å². The number of aryl methyl sites for hydroxylation is 2. The fourth-order valence-electron chi connectivity index (χ4n) is 1.38. The van der Waals surface area contributed by atoms with Crippen molar-refractivity contribution in [3.05, 3.63) is 44.8 Å². The van der Waals surface area contributed by atoms with Gasteiger partial charge in [0.15, 0.2) is 10.6 Å². The Morgan fingerprint density at radius 2 is 2.18 bits per heavy atom. The van der Waals surface area contributed by atoms with Gasteiger partial charge in [-0.25, -0.2) is 4.98 Å². The van der Waals surface area contributed by atoms with Crippen LogP contribution in [0.2, 0.25) is 0 Å². The number of aromatic amines is 1. The number of hydrogen-bond acceptors (Lipinski definition) is 4. The molecule has 17 heavy (non-hydrogen) atoms. The number of thiazole rings is 1. The minimum Gasteiger partial charge on any atom is -0.354 e. The molecule has 0 aliphatic rings. The molecule has 0 spiro atoms. The molecule has 2 N–H and O–H groups in total. The Kier molecular flexibility index (Phi) is 3.06. The molecule has 0 bridgehead atoms. The van der Waals surface area contributed by atoms with Gasteiger partial charge in [-0.3, -0.25) is 14.9 Å². The maximum Gasteiger partial charge on any atom is 0.274 e. The van der Waals surface area contributed by atoms with Gasteiger partial charge in [0.2, 0.25) is 0 Å². The van der Waals surface area contributed by atoms with Crippen molar-refractivity contribution >= 4 is 22.4 Å². The number of nitrogens with one attached hydrogen (secondary N) is 2. The number of hydrogen-bond donors (Lipinski definition) is 2. The Bertz CT molecular complexity index is 615. The Morgan fingerprint density at radius 1 is 1.41 bits per heavy atom. The van der Waals surface area contributed by atoms with Crippen molar-refractivity contribution in [1.82, 2.24) is 9.97 Å². The molecule has 0 saturated carbocycles. The van der Waals surface area contributed by atoms with Crippen LogP contribution in [-0.4, -0.2) is 15.9 Å². The molecule has 0 unspecified atom stereocenters. The van der Waals surface area contributed by atoms with Crippen LogP contribution in [0.1, 0.15) is 21.9 Å². The lowest BCUT2D eigenvalue weighted by molar-refractivity contribution is 0.102. The number of carbonyl (C=O) groups excluding carboxylic acids is 1. The van der Waals surface area contributed by atoms with Gasteiger partial charge in [-0.2, -0.15) is 0 Å². The van der Waals surface area contributed by atoms with E-state index in [0.717, 1.165) is 5.69 Å². The molecule has 2 aromatic rings. The van der Waals surface area contributed by atoms with Crippen LogP contribution in [0.4, 0.5) is 5.13 Å². The zero-order valence-electron chi connectivity index (χ0n) is 9.40. The van der Waals surface area contributed by atoms with Crippen molar-refractivity contribution in [2.45, 2.75) is 13.8 Å². The molecule has 0 saturated heterocycles. The number of carbonyl (C=O) groups is 1. The fourth-order valence-corrected chi connectivity index (χ4v) is 2.06. The van der Waals surface area contributed by atoms with Crippen LogP contribution in [0, 0.1) is 13.8 Å². The number of H-pyrrole nitrogens is 1. The molecule has 2 aromatic heterocycles. The zero-order chi connectivity index (χ0) is 12.4. The van der Waals surface area contributed by atoms with Crippen LogP contribution in [0.5, 0.6) is 0 Å². The van der Waals surface area contributed by atoms with E-state index in [9.17, 15) is 9.59 Å². The molecule has 0 radical (unpaired) electrons. The Morgan fingerprint density at radius 3 is 2.76 bits per heavy atom. The Hall–Kier alpha value is -1.95. The number of amides is 1. The molecule has 88 valence electrons. The highest BCUT2D eigenvalue weighted by molar-refractivity contribution is 7.13. The smallest absolute Gasteiger partial charge is 0.274 e. The van der Waals surface area contributed by atoms with E-state index in [4.69, 9.17) is 0 Å². The maximum absolute atomic E-state index is 11.8. The van der Waals surface area contributed by atoms with Crippen molar-refractivity contribution in [3.63, 3.8) is 0 Å². The lowest BCUT2D eigenvalue weighted by Crippen LogP contribution is -2.17. The van der Waals surface area contributed by atoms with Gasteiger partial charge >= 0.3 is 0 Å². The summed E-state index contributed by atoms with van der Waals surface area (Å²) in [6.07, 6.45) is 0. The first-order valence-corrected chi connectivity index (χ1v) is 5.87. The molecule has 1 amide bonds. The van der Waals surface area contributed by atoms with Crippen molar-refractivity contribution < 1.29 is 4.79 Å². The van der Waals surface area contributed by atoms with Crippen LogP contribution in [0.25, 0.3) is 0 Å². The quantitative estimate of drug-likeness (QED) is 0.850. The molecule has 6 heteroatoms. The summed E-state index contributed by atoms with van der Waals surface area (Å²) in [7, 11) is 0. The second-order valence-corrected chi connectivity index (χ2v) is 4.52. The third kappa shape index (κ3) is 2.79. The first-order chi connectivity index (χ1) is 8.04.